The van der Waals surface area contributed by atoms with E-state index in [4.69, 9.17) is 5.11 Å². The summed E-state index contributed by atoms with van der Waals surface area (Å²) in [4.78, 5) is 13.3. The molecule has 0 radical (unpaired) electrons. The lowest BCUT2D eigenvalue weighted by Gasteiger charge is -2.48. The summed E-state index contributed by atoms with van der Waals surface area (Å²) in [6.45, 7) is 7.45. The maximum atomic E-state index is 10.9. The van der Waals surface area contributed by atoms with Crippen LogP contribution in [0.25, 0.3) is 6.08 Å². The van der Waals surface area contributed by atoms with Crippen molar-refractivity contribution in [3.63, 3.8) is 0 Å². The molecule has 0 unspecified atom stereocenters. The Kier molecular flexibility index (Phi) is 5.79. The molecule has 0 bridgehead atoms. The maximum Gasteiger partial charge on any atom is 0.328 e. The minimum atomic E-state index is -0.960. The normalized spacial score (nSPS) is 18.2. The lowest BCUT2D eigenvalue weighted by atomic mass is 9.76. The van der Waals surface area contributed by atoms with Gasteiger partial charge in [-0.05, 0) is 77.4 Å². The standard InChI is InChI=1S/C28H29NO3/c1-19(2)21-7-11-24(12-8-21)29-17-16-22-18-25(30)13-14-26(22)28(29,3)23-9-4-20(5-10-23)6-15-27(31)32/h4-15,18-19,30H,16-17H2,1-3H3,(H,31,32)/b15-6+/t28-/m0/s1. The van der Waals surface area contributed by atoms with Crippen LogP contribution in [0.15, 0.2) is 72.8 Å². The third kappa shape index (κ3) is 4.01. The Morgan fingerprint density at radius 1 is 1.03 bits per heavy atom. The van der Waals surface area contributed by atoms with E-state index in [0.29, 0.717) is 5.92 Å². The van der Waals surface area contributed by atoms with E-state index in [-0.39, 0.29) is 5.75 Å². The number of anilines is 1. The summed E-state index contributed by atoms with van der Waals surface area (Å²) < 4.78 is 0. The second kappa shape index (κ2) is 8.54. The van der Waals surface area contributed by atoms with Gasteiger partial charge in [0.1, 0.15) is 5.75 Å². The van der Waals surface area contributed by atoms with Crippen LogP contribution in [-0.4, -0.2) is 22.7 Å². The summed E-state index contributed by atoms with van der Waals surface area (Å²) in [7, 11) is 0. The van der Waals surface area contributed by atoms with Gasteiger partial charge in [-0.2, -0.15) is 0 Å². The van der Waals surface area contributed by atoms with E-state index in [0.717, 1.165) is 41.4 Å². The Morgan fingerprint density at radius 3 is 2.34 bits per heavy atom. The van der Waals surface area contributed by atoms with Crippen LogP contribution < -0.4 is 4.90 Å². The zero-order valence-corrected chi connectivity index (χ0v) is 18.7. The molecule has 1 heterocycles. The Morgan fingerprint density at radius 2 is 1.72 bits per heavy atom. The van der Waals surface area contributed by atoms with E-state index in [1.807, 2.05) is 24.3 Å². The summed E-state index contributed by atoms with van der Waals surface area (Å²) in [6, 6.07) is 22.5. The Labute approximate surface area is 189 Å². The van der Waals surface area contributed by atoms with Crippen molar-refractivity contribution in [3.8, 4) is 5.75 Å². The minimum absolute atomic E-state index is 0.287. The molecule has 1 atom stereocenters. The number of benzene rings is 3. The highest BCUT2D eigenvalue weighted by molar-refractivity contribution is 5.85. The number of aliphatic carboxylic acids is 1. The van der Waals surface area contributed by atoms with E-state index in [1.165, 1.54) is 11.1 Å². The number of nitrogens with zero attached hydrogens (tertiary/aromatic N) is 1. The summed E-state index contributed by atoms with van der Waals surface area (Å²) in [5.74, 6) is -0.194. The molecule has 0 saturated heterocycles. The third-order valence-corrected chi connectivity index (χ3v) is 6.52. The van der Waals surface area contributed by atoms with E-state index in [1.54, 1.807) is 12.1 Å². The van der Waals surface area contributed by atoms with E-state index in [2.05, 4.69) is 62.1 Å². The first-order chi connectivity index (χ1) is 15.3. The third-order valence-electron chi connectivity index (χ3n) is 6.52. The number of hydrogen-bond donors (Lipinski definition) is 2. The zero-order chi connectivity index (χ0) is 22.9. The van der Waals surface area contributed by atoms with Gasteiger partial charge in [0.25, 0.3) is 0 Å². The largest absolute Gasteiger partial charge is 0.508 e. The van der Waals surface area contributed by atoms with Crippen LogP contribution in [0.5, 0.6) is 5.75 Å². The first-order valence-corrected chi connectivity index (χ1v) is 11.0. The summed E-state index contributed by atoms with van der Waals surface area (Å²) in [5, 5.41) is 19.0. The number of rotatable bonds is 5. The van der Waals surface area contributed by atoms with Gasteiger partial charge in [0.05, 0.1) is 5.54 Å². The number of phenolic OH excluding ortho intramolecular Hbond substituents is 1. The lowest BCUT2D eigenvalue weighted by molar-refractivity contribution is -0.131. The Bertz CT molecular complexity index is 1150. The molecule has 0 amide bonds. The first kappa shape index (κ1) is 21.7. The summed E-state index contributed by atoms with van der Waals surface area (Å²) in [6.07, 6.45) is 3.60. The molecular weight excluding hydrogens is 398 g/mol. The predicted molar refractivity (Wildman–Crippen MR) is 129 cm³/mol. The van der Waals surface area contributed by atoms with Gasteiger partial charge in [-0.3, -0.25) is 0 Å². The van der Waals surface area contributed by atoms with Crippen LogP contribution in [0.3, 0.4) is 0 Å². The molecular formula is C28H29NO3. The number of aromatic hydroxyl groups is 1. The average molecular weight is 428 g/mol. The quantitative estimate of drug-likeness (QED) is 0.495. The molecule has 32 heavy (non-hydrogen) atoms. The molecule has 2 N–H and O–H groups in total. The van der Waals surface area contributed by atoms with Crippen LogP contribution in [0, 0.1) is 0 Å². The van der Waals surface area contributed by atoms with Crippen LogP contribution >= 0.6 is 0 Å². The monoisotopic (exact) mass is 427 g/mol. The van der Waals surface area contributed by atoms with Crippen LogP contribution in [0.2, 0.25) is 0 Å². The van der Waals surface area contributed by atoms with Gasteiger partial charge in [-0.1, -0.05) is 56.3 Å². The molecule has 4 nitrogen and oxygen atoms in total. The predicted octanol–water partition coefficient (Wildman–Crippen LogP) is 5.94. The van der Waals surface area contributed by atoms with Crippen molar-refractivity contribution in [1.29, 1.82) is 0 Å². The topological polar surface area (TPSA) is 60.8 Å². The number of carbonyl (C=O) groups is 1. The Balaban J connectivity index is 1.81. The highest BCUT2D eigenvalue weighted by Gasteiger charge is 2.40. The molecule has 1 aliphatic rings. The number of hydrogen-bond acceptors (Lipinski definition) is 3. The molecule has 0 fully saturated rings. The molecule has 3 aromatic carbocycles. The van der Waals surface area contributed by atoms with E-state index >= 15 is 0 Å². The highest BCUT2D eigenvalue weighted by Crippen LogP contribution is 2.44. The molecule has 3 aromatic rings. The van der Waals surface area contributed by atoms with Gasteiger partial charge < -0.3 is 15.1 Å². The first-order valence-electron chi connectivity index (χ1n) is 11.0. The van der Waals surface area contributed by atoms with Crippen molar-refractivity contribution in [3.05, 3.63) is 101 Å². The molecule has 0 aliphatic carbocycles. The fourth-order valence-corrected chi connectivity index (χ4v) is 4.69. The molecule has 0 saturated carbocycles. The summed E-state index contributed by atoms with van der Waals surface area (Å²) >= 11 is 0. The van der Waals surface area contributed by atoms with E-state index in [9.17, 15) is 9.90 Å². The Hall–Kier alpha value is -3.53. The second-order valence-electron chi connectivity index (χ2n) is 8.86. The SMILES string of the molecule is CC(C)c1ccc(N2CCc3cc(O)ccc3[C@]2(C)c2ccc(/C=C/C(=O)O)cc2)cc1. The van der Waals surface area contributed by atoms with Crippen LogP contribution in [0.4, 0.5) is 5.69 Å². The molecule has 0 spiro atoms. The molecule has 1 aliphatic heterocycles. The fourth-order valence-electron chi connectivity index (χ4n) is 4.69. The van der Waals surface area contributed by atoms with Crippen molar-refractivity contribution < 1.29 is 15.0 Å². The zero-order valence-electron chi connectivity index (χ0n) is 18.7. The average Bonchev–Trinajstić information content (AvgIpc) is 2.78. The van der Waals surface area contributed by atoms with Gasteiger partial charge in [-0.25, -0.2) is 4.79 Å². The van der Waals surface area contributed by atoms with Gasteiger partial charge in [-0.15, -0.1) is 0 Å². The van der Waals surface area contributed by atoms with Crippen molar-refractivity contribution >= 4 is 17.7 Å². The lowest BCUT2D eigenvalue weighted by Crippen LogP contribution is -2.49. The number of carboxylic acid groups (broad SMARTS) is 1. The number of fused-ring (bicyclic) bond motifs is 1. The van der Waals surface area contributed by atoms with Gasteiger partial charge in [0, 0.05) is 18.3 Å². The van der Waals surface area contributed by atoms with Crippen molar-refractivity contribution in [2.45, 2.75) is 38.6 Å². The smallest absolute Gasteiger partial charge is 0.328 e. The molecule has 4 rings (SSSR count). The van der Waals surface area contributed by atoms with Crippen molar-refractivity contribution in [2.24, 2.45) is 0 Å². The molecule has 0 aromatic heterocycles. The van der Waals surface area contributed by atoms with E-state index < -0.39 is 11.5 Å². The maximum absolute atomic E-state index is 10.9. The van der Waals surface area contributed by atoms with Crippen molar-refractivity contribution in [1.82, 2.24) is 0 Å². The highest BCUT2D eigenvalue weighted by atomic mass is 16.4. The van der Waals surface area contributed by atoms with Crippen molar-refractivity contribution in [2.75, 3.05) is 11.4 Å². The minimum Gasteiger partial charge on any atom is -0.508 e. The van der Waals surface area contributed by atoms with Gasteiger partial charge in [0.2, 0.25) is 0 Å². The van der Waals surface area contributed by atoms with Crippen LogP contribution in [-0.2, 0) is 16.8 Å². The molecule has 164 valence electrons. The molecule has 4 heteroatoms. The second-order valence-corrected chi connectivity index (χ2v) is 8.86. The number of phenols is 1. The van der Waals surface area contributed by atoms with Gasteiger partial charge in [0.15, 0.2) is 0 Å². The summed E-state index contributed by atoms with van der Waals surface area (Å²) in [5.41, 5.74) is 6.31. The number of carboxylic acids is 1. The van der Waals surface area contributed by atoms with Gasteiger partial charge >= 0.3 is 5.97 Å². The van der Waals surface area contributed by atoms with Crippen LogP contribution in [0.1, 0.15) is 54.5 Å². The fraction of sp³-hybridized carbons (Fsp3) is 0.250.